The van der Waals surface area contributed by atoms with E-state index >= 15 is 0 Å². The van der Waals surface area contributed by atoms with Gasteiger partial charge in [-0.2, -0.15) is 5.10 Å². The van der Waals surface area contributed by atoms with Crippen LogP contribution in [0.5, 0.6) is 0 Å². The fourth-order valence-electron chi connectivity index (χ4n) is 5.83. The molecule has 4 heterocycles. The second-order valence-corrected chi connectivity index (χ2v) is 10.4. The number of hydrogen-bond acceptors (Lipinski definition) is 4. The minimum atomic E-state index is 0.276. The van der Waals surface area contributed by atoms with Gasteiger partial charge >= 0.3 is 0 Å². The Labute approximate surface area is 202 Å². The van der Waals surface area contributed by atoms with Gasteiger partial charge in [-0.05, 0) is 61.0 Å². The number of carbonyl (C=O) groups is 1. The number of rotatable bonds is 5. The molecular weight excluding hydrogens is 422 g/mol. The highest BCUT2D eigenvalue weighted by molar-refractivity contribution is 5.83. The zero-order valence-corrected chi connectivity index (χ0v) is 20.4. The van der Waals surface area contributed by atoms with Gasteiger partial charge in [0.2, 0.25) is 5.91 Å². The van der Waals surface area contributed by atoms with Crippen LogP contribution >= 0.6 is 0 Å². The molecule has 6 heteroatoms. The molecule has 0 radical (unpaired) electrons. The molecule has 3 aliphatic rings. The summed E-state index contributed by atoms with van der Waals surface area (Å²) in [6, 6.07) is 13.5. The molecule has 178 valence electrons. The van der Waals surface area contributed by atoms with Crippen LogP contribution in [-0.2, 0) is 4.79 Å². The molecule has 2 aliphatic heterocycles. The Morgan fingerprint density at radius 3 is 2.47 bits per heavy atom. The van der Waals surface area contributed by atoms with Gasteiger partial charge in [-0.1, -0.05) is 38.1 Å². The van der Waals surface area contributed by atoms with E-state index in [1.165, 1.54) is 41.9 Å². The van der Waals surface area contributed by atoms with Gasteiger partial charge in [0.25, 0.3) is 0 Å². The first kappa shape index (κ1) is 21.7. The van der Waals surface area contributed by atoms with Crippen LogP contribution < -0.4 is 4.90 Å². The summed E-state index contributed by atoms with van der Waals surface area (Å²) in [5, 5.41) is 4.58. The highest BCUT2D eigenvalue weighted by Gasteiger charge is 2.42. The minimum absolute atomic E-state index is 0.276. The molecule has 6 nitrogen and oxygen atoms in total. The molecule has 1 aromatic carbocycles. The third kappa shape index (κ3) is 3.98. The molecular formula is C28H35N5O. The standard InChI is InChI=1S/C28H35N5O/c1-3-30-11-9-23(18-30)21-4-6-22(7-5-21)24-17-27-26(8-10-29-33(27)19-24)31-12-14-32(15-13-31)28(34)25-16-20(25)2/h4-8,10,17,19-20,23,25H,3,9,11-16,18H2,1-2H3/t20-,23?,25?/m0/s1. The fourth-order valence-corrected chi connectivity index (χ4v) is 5.83. The summed E-state index contributed by atoms with van der Waals surface area (Å²) < 4.78 is 2.00. The summed E-state index contributed by atoms with van der Waals surface area (Å²) >= 11 is 0. The van der Waals surface area contributed by atoms with Crippen molar-refractivity contribution in [1.29, 1.82) is 0 Å². The van der Waals surface area contributed by atoms with Crippen molar-refractivity contribution in [2.24, 2.45) is 11.8 Å². The SMILES string of the molecule is CCN1CCC(c2ccc(-c3cc4c(N5CCN(C(=O)C6C[C@@H]6C)CC5)ccnn4c3)cc2)C1. The summed E-state index contributed by atoms with van der Waals surface area (Å²) in [5.41, 5.74) is 6.22. The van der Waals surface area contributed by atoms with E-state index in [0.29, 0.717) is 17.7 Å². The maximum absolute atomic E-state index is 12.6. The number of nitrogens with zero attached hydrogens (tertiary/aromatic N) is 5. The van der Waals surface area contributed by atoms with Gasteiger partial charge in [-0.3, -0.25) is 4.79 Å². The van der Waals surface area contributed by atoms with Crippen molar-refractivity contribution in [1.82, 2.24) is 19.4 Å². The Bertz CT molecular complexity index is 1180. The Morgan fingerprint density at radius 1 is 1.03 bits per heavy atom. The van der Waals surface area contributed by atoms with Crippen molar-refractivity contribution in [3.63, 3.8) is 0 Å². The number of aromatic nitrogens is 2. The Morgan fingerprint density at radius 2 is 1.79 bits per heavy atom. The van der Waals surface area contributed by atoms with Crippen molar-refractivity contribution < 1.29 is 4.79 Å². The first-order valence-corrected chi connectivity index (χ1v) is 12.9. The van der Waals surface area contributed by atoms with Crippen molar-refractivity contribution in [2.75, 3.05) is 50.7 Å². The number of likely N-dealkylation sites (N-methyl/N-ethyl adjacent to an activating group) is 1. The Hall–Kier alpha value is -2.86. The molecule has 0 N–H and O–H groups in total. The second kappa shape index (κ2) is 8.73. The summed E-state index contributed by atoms with van der Waals surface area (Å²) in [5.74, 6) is 1.87. The number of fused-ring (bicyclic) bond motifs is 1. The third-order valence-corrected chi connectivity index (χ3v) is 8.28. The van der Waals surface area contributed by atoms with E-state index < -0.39 is 0 Å². The molecule has 2 saturated heterocycles. The molecule has 3 aromatic rings. The minimum Gasteiger partial charge on any atom is -0.366 e. The van der Waals surface area contributed by atoms with E-state index in [1.54, 1.807) is 0 Å². The van der Waals surface area contributed by atoms with Crippen LogP contribution in [-0.4, -0.2) is 71.1 Å². The highest BCUT2D eigenvalue weighted by atomic mass is 16.2. The number of benzene rings is 1. The number of anilines is 1. The summed E-state index contributed by atoms with van der Waals surface area (Å²) in [7, 11) is 0. The van der Waals surface area contributed by atoms with E-state index in [4.69, 9.17) is 0 Å². The molecule has 3 fully saturated rings. The predicted molar refractivity (Wildman–Crippen MR) is 136 cm³/mol. The number of carbonyl (C=O) groups excluding carboxylic acids is 1. The molecule has 34 heavy (non-hydrogen) atoms. The lowest BCUT2D eigenvalue weighted by atomic mass is 9.96. The van der Waals surface area contributed by atoms with Crippen molar-refractivity contribution in [3.8, 4) is 11.1 Å². The van der Waals surface area contributed by atoms with E-state index in [0.717, 1.165) is 44.7 Å². The van der Waals surface area contributed by atoms with Crippen LogP contribution in [0.3, 0.4) is 0 Å². The van der Waals surface area contributed by atoms with Gasteiger partial charge in [0.05, 0.1) is 11.2 Å². The predicted octanol–water partition coefficient (Wildman–Crippen LogP) is 4.12. The summed E-state index contributed by atoms with van der Waals surface area (Å²) in [6.45, 7) is 11.3. The monoisotopic (exact) mass is 457 g/mol. The molecule has 1 amide bonds. The van der Waals surface area contributed by atoms with Crippen LogP contribution in [0.1, 0.15) is 38.2 Å². The lowest BCUT2D eigenvalue weighted by Crippen LogP contribution is -2.49. The average Bonchev–Trinajstić information content (AvgIpc) is 3.26. The van der Waals surface area contributed by atoms with Crippen molar-refractivity contribution in [3.05, 3.63) is 54.4 Å². The van der Waals surface area contributed by atoms with Crippen LogP contribution in [0.15, 0.2) is 48.8 Å². The molecule has 0 spiro atoms. The summed E-state index contributed by atoms with van der Waals surface area (Å²) in [6.07, 6.45) is 6.35. The number of hydrogen-bond donors (Lipinski definition) is 0. The van der Waals surface area contributed by atoms with Gasteiger partial charge in [0.15, 0.2) is 0 Å². The molecule has 1 aliphatic carbocycles. The van der Waals surface area contributed by atoms with E-state index in [9.17, 15) is 4.79 Å². The van der Waals surface area contributed by atoms with Gasteiger partial charge in [0, 0.05) is 56.6 Å². The van der Waals surface area contributed by atoms with Crippen molar-refractivity contribution >= 4 is 17.1 Å². The first-order valence-electron chi connectivity index (χ1n) is 12.9. The zero-order valence-electron chi connectivity index (χ0n) is 20.4. The molecule has 0 bridgehead atoms. The van der Waals surface area contributed by atoms with Crippen molar-refractivity contribution in [2.45, 2.75) is 32.6 Å². The van der Waals surface area contributed by atoms with Gasteiger partial charge < -0.3 is 14.7 Å². The van der Waals surface area contributed by atoms with Gasteiger partial charge in [0.1, 0.15) is 0 Å². The normalized spacial score (nSPS) is 25.3. The molecule has 1 saturated carbocycles. The lowest BCUT2D eigenvalue weighted by molar-refractivity contribution is -0.133. The number of amides is 1. The topological polar surface area (TPSA) is 44.1 Å². The molecule has 6 rings (SSSR count). The maximum atomic E-state index is 12.6. The quantitative estimate of drug-likeness (QED) is 0.578. The van der Waals surface area contributed by atoms with Gasteiger partial charge in [-0.25, -0.2) is 4.52 Å². The van der Waals surface area contributed by atoms with Crippen LogP contribution in [0.25, 0.3) is 16.6 Å². The van der Waals surface area contributed by atoms with Crippen LogP contribution in [0.2, 0.25) is 0 Å². The van der Waals surface area contributed by atoms with E-state index in [2.05, 4.69) is 76.2 Å². The van der Waals surface area contributed by atoms with Crippen LogP contribution in [0.4, 0.5) is 5.69 Å². The van der Waals surface area contributed by atoms with E-state index in [-0.39, 0.29) is 5.92 Å². The average molecular weight is 458 g/mol. The first-order chi connectivity index (χ1) is 16.6. The zero-order chi connectivity index (χ0) is 23.2. The highest BCUT2D eigenvalue weighted by Crippen LogP contribution is 2.39. The van der Waals surface area contributed by atoms with Gasteiger partial charge in [-0.15, -0.1) is 0 Å². The molecule has 2 aromatic heterocycles. The Balaban J connectivity index is 1.18. The fraction of sp³-hybridized carbons (Fsp3) is 0.500. The Kier molecular flexibility index (Phi) is 5.56. The maximum Gasteiger partial charge on any atom is 0.226 e. The molecule has 3 atom stereocenters. The number of likely N-dealkylation sites (tertiary alicyclic amines) is 1. The lowest BCUT2D eigenvalue weighted by Gasteiger charge is -2.36. The third-order valence-electron chi connectivity index (χ3n) is 8.28. The molecule has 2 unspecified atom stereocenters. The summed E-state index contributed by atoms with van der Waals surface area (Å²) in [4.78, 5) is 19.6. The second-order valence-electron chi connectivity index (χ2n) is 10.4. The van der Waals surface area contributed by atoms with E-state index in [1.807, 2.05) is 10.7 Å². The smallest absolute Gasteiger partial charge is 0.226 e. The van der Waals surface area contributed by atoms with Crippen LogP contribution in [0, 0.1) is 11.8 Å². The largest absolute Gasteiger partial charge is 0.366 e. The number of piperazine rings is 1.